The minimum atomic E-state index is -3.35. The van der Waals surface area contributed by atoms with Crippen LogP contribution < -0.4 is 9.62 Å². The van der Waals surface area contributed by atoms with Gasteiger partial charge in [0, 0.05) is 13.1 Å². The van der Waals surface area contributed by atoms with E-state index in [0.29, 0.717) is 18.7 Å². The maximum atomic E-state index is 11.9. The minimum absolute atomic E-state index is 0.270. The SMILES string of the molecule is CNCC(O)CCN(c1ccccc1C)S(C)(=O)=O. The molecule has 0 spiro atoms. The summed E-state index contributed by atoms with van der Waals surface area (Å²) >= 11 is 0. The number of para-hydroxylation sites is 1. The average molecular weight is 286 g/mol. The van der Waals surface area contributed by atoms with Gasteiger partial charge in [-0.2, -0.15) is 0 Å². The Labute approximate surface area is 115 Å². The van der Waals surface area contributed by atoms with Crippen molar-refractivity contribution in [2.75, 3.05) is 30.7 Å². The van der Waals surface area contributed by atoms with Crippen molar-refractivity contribution in [1.82, 2.24) is 5.32 Å². The van der Waals surface area contributed by atoms with E-state index >= 15 is 0 Å². The zero-order valence-electron chi connectivity index (χ0n) is 11.6. The summed E-state index contributed by atoms with van der Waals surface area (Å²) in [6.07, 6.45) is 1.02. The minimum Gasteiger partial charge on any atom is -0.392 e. The van der Waals surface area contributed by atoms with Gasteiger partial charge in [0.2, 0.25) is 10.0 Å². The fourth-order valence-corrected chi connectivity index (χ4v) is 2.91. The molecule has 0 heterocycles. The van der Waals surface area contributed by atoms with E-state index in [1.54, 1.807) is 13.1 Å². The summed E-state index contributed by atoms with van der Waals surface area (Å²) in [6.45, 7) is 2.59. The monoisotopic (exact) mass is 286 g/mol. The summed E-state index contributed by atoms with van der Waals surface area (Å²) in [6, 6.07) is 7.33. The van der Waals surface area contributed by atoms with Gasteiger partial charge in [-0.25, -0.2) is 8.42 Å². The molecule has 2 N–H and O–H groups in total. The lowest BCUT2D eigenvalue weighted by Gasteiger charge is -2.25. The average Bonchev–Trinajstić information content (AvgIpc) is 2.30. The van der Waals surface area contributed by atoms with Gasteiger partial charge in [-0.1, -0.05) is 18.2 Å². The molecular formula is C13H22N2O3S. The second kappa shape index (κ2) is 6.88. The molecule has 1 rings (SSSR count). The van der Waals surface area contributed by atoms with Crippen LogP contribution in [-0.2, 0) is 10.0 Å². The molecule has 5 nitrogen and oxygen atoms in total. The molecule has 1 unspecified atom stereocenters. The van der Waals surface area contributed by atoms with Crippen LogP contribution >= 0.6 is 0 Å². The third-order valence-corrected chi connectivity index (χ3v) is 4.07. The van der Waals surface area contributed by atoms with Crippen molar-refractivity contribution in [2.24, 2.45) is 0 Å². The second-order valence-corrected chi connectivity index (χ2v) is 6.53. The molecule has 0 radical (unpaired) electrons. The number of benzene rings is 1. The topological polar surface area (TPSA) is 69.6 Å². The van der Waals surface area contributed by atoms with Gasteiger partial charge in [-0.3, -0.25) is 4.31 Å². The molecule has 1 aromatic rings. The maximum absolute atomic E-state index is 11.9. The van der Waals surface area contributed by atoms with Crippen molar-refractivity contribution in [3.63, 3.8) is 0 Å². The summed E-state index contributed by atoms with van der Waals surface area (Å²) in [5.41, 5.74) is 1.57. The van der Waals surface area contributed by atoms with E-state index in [0.717, 1.165) is 5.56 Å². The zero-order valence-corrected chi connectivity index (χ0v) is 12.4. The van der Waals surface area contributed by atoms with E-state index in [-0.39, 0.29) is 6.54 Å². The number of sulfonamides is 1. The number of hydrogen-bond acceptors (Lipinski definition) is 4. The number of nitrogens with zero attached hydrogens (tertiary/aromatic N) is 1. The molecule has 0 aliphatic rings. The van der Waals surface area contributed by atoms with E-state index in [2.05, 4.69) is 5.32 Å². The van der Waals surface area contributed by atoms with Crippen LogP contribution in [0.1, 0.15) is 12.0 Å². The third kappa shape index (κ3) is 4.81. The molecule has 0 aromatic heterocycles. The van der Waals surface area contributed by atoms with Gasteiger partial charge in [0.1, 0.15) is 0 Å². The Hall–Kier alpha value is -1.11. The number of aliphatic hydroxyl groups is 1. The van der Waals surface area contributed by atoms with Crippen LogP contribution in [0.4, 0.5) is 5.69 Å². The number of aryl methyl sites for hydroxylation is 1. The van der Waals surface area contributed by atoms with E-state index in [1.807, 2.05) is 25.1 Å². The predicted octanol–water partition coefficient (Wildman–Crippen LogP) is 0.731. The van der Waals surface area contributed by atoms with Gasteiger partial charge in [0.05, 0.1) is 18.0 Å². The fraction of sp³-hybridized carbons (Fsp3) is 0.538. The maximum Gasteiger partial charge on any atom is 0.232 e. The molecule has 108 valence electrons. The van der Waals surface area contributed by atoms with Crippen molar-refractivity contribution < 1.29 is 13.5 Å². The molecule has 0 bridgehead atoms. The Balaban J connectivity index is 2.89. The quantitative estimate of drug-likeness (QED) is 0.775. The van der Waals surface area contributed by atoms with Gasteiger partial charge in [0.15, 0.2) is 0 Å². The standard InChI is InChI=1S/C13H22N2O3S/c1-11-6-4-5-7-13(11)15(19(3,17)18)9-8-12(16)10-14-2/h4-7,12,14,16H,8-10H2,1-3H3. The van der Waals surface area contributed by atoms with Crippen molar-refractivity contribution >= 4 is 15.7 Å². The number of aliphatic hydroxyl groups excluding tert-OH is 1. The molecule has 0 amide bonds. The Kier molecular flexibility index (Phi) is 5.78. The lowest BCUT2D eigenvalue weighted by Crippen LogP contribution is -2.35. The predicted molar refractivity (Wildman–Crippen MR) is 77.9 cm³/mol. The van der Waals surface area contributed by atoms with Gasteiger partial charge in [0.25, 0.3) is 0 Å². The van der Waals surface area contributed by atoms with Crippen LogP contribution in [0.5, 0.6) is 0 Å². The van der Waals surface area contributed by atoms with Gasteiger partial charge in [-0.05, 0) is 32.0 Å². The molecule has 0 aliphatic heterocycles. The van der Waals surface area contributed by atoms with Gasteiger partial charge in [-0.15, -0.1) is 0 Å². The van der Waals surface area contributed by atoms with Crippen LogP contribution in [0.3, 0.4) is 0 Å². The molecule has 1 atom stereocenters. The molecule has 0 aliphatic carbocycles. The third-order valence-electron chi connectivity index (χ3n) is 2.89. The highest BCUT2D eigenvalue weighted by Crippen LogP contribution is 2.22. The summed E-state index contributed by atoms with van der Waals surface area (Å²) in [4.78, 5) is 0. The zero-order chi connectivity index (χ0) is 14.5. The van der Waals surface area contributed by atoms with Crippen LogP contribution in [0.2, 0.25) is 0 Å². The molecule has 0 fully saturated rings. The number of likely N-dealkylation sites (N-methyl/N-ethyl adjacent to an activating group) is 1. The van der Waals surface area contributed by atoms with Crippen LogP contribution in [0, 0.1) is 6.92 Å². The molecule has 1 aromatic carbocycles. The summed E-state index contributed by atoms with van der Waals surface area (Å²) in [5.74, 6) is 0. The Morgan fingerprint density at radius 2 is 2.00 bits per heavy atom. The molecule has 6 heteroatoms. The molecule has 0 saturated carbocycles. The number of nitrogens with one attached hydrogen (secondary N) is 1. The smallest absolute Gasteiger partial charge is 0.232 e. The lowest BCUT2D eigenvalue weighted by molar-refractivity contribution is 0.167. The largest absolute Gasteiger partial charge is 0.392 e. The van der Waals surface area contributed by atoms with Crippen LogP contribution in [0.25, 0.3) is 0 Å². The van der Waals surface area contributed by atoms with Crippen molar-refractivity contribution in [1.29, 1.82) is 0 Å². The number of anilines is 1. The molecule has 0 saturated heterocycles. The van der Waals surface area contributed by atoms with Crippen LogP contribution in [-0.4, -0.2) is 46.0 Å². The summed E-state index contributed by atoms with van der Waals surface area (Å²) in [7, 11) is -1.60. The molecule has 19 heavy (non-hydrogen) atoms. The Bertz CT molecular complexity index is 502. The van der Waals surface area contributed by atoms with E-state index in [1.165, 1.54) is 10.6 Å². The summed E-state index contributed by atoms with van der Waals surface area (Å²) < 4.78 is 25.1. The lowest BCUT2D eigenvalue weighted by atomic mass is 10.2. The van der Waals surface area contributed by atoms with Crippen molar-refractivity contribution in [3.05, 3.63) is 29.8 Å². The first-order chi connectivity index (χ1) is 8.86. The Morgan fingerprint density at radius 3 is 2.53 bits per heavy atom. The normalized spacial score (nSPS) is 13.3. The van der Waals surface area contributed by atoms with E-state index in [9.17, 15) is 13.5 Å². The highest BCUT2D eigenvalue weighted by Gasteiger charge is 2.19. The van der Waals surface area contributed by atoms with Gasteiger partial charge >= 0.3 is 0 Å². The highest BCUT2D eigenvalue weighted by molar-refractivity contribution is 7.92. The second-order valence-electron chi connectivity index (χ2n) is 4.62. The van der Waals surface area contributed by atoms with E-state index < -0.39 is 16.1 Å². The van der Waals surface area contributed by atoms with E-state index in [4.69, 9.17) is 0 Å². The van der Waals surface area contributed by atoms with Crippen molar-refractivity contribution in [3.8, 4) is 0 Å². The summed E-state index contributed by atoms with van der Waals surface area (Å²) in [5, 5.41) is 12.6. The number of hydrogen-bond donors (Lipinski definition) is 2. The first kappa shape index (κ1) is 15.9. The first-order valence-electron chi connectivity index (χ1n) is 6.22. The molecular weight excluding hydrogens is 264 g/mol. The first-order valence-corrected chi connectivity index (χ1v) is 8.07. The number of rotatable bonds is 7. The Morgan fingerprint density at radius 1 is 1.37 bits per heavy atom. The van der Waals surface area contributed by atoms with Crippen molar-refractivity contribution in [2.45, 2.75) is 19.4 Å². The van der Waals surface area contributed by atoms with Gasteiger partial charge < -0.3 is 10.4 Å². The highest BCUT2D eigenvalue weighted by atomic mass is 32.2. The fourth-order valence-electron chi connectivity index (χ4n) is 1.91. The van der Waals surface area contributed by atoms with Crippen LogP contribution in [0.15, 0.2) is 24.3 Å².